The molecule has 4 heterocycles. The van der Waals surface area contributed by atoms with E-state index in [-0.39, 0.29) is 5.91 Å². The number of nitrogens with zero attached hydrogens (tertiary/aromatic N) is 3. The number of aromatic amines is 1. The van der Waals surface area contributed by atoms with Crippen molar-refractivity contribution in [2.45, 2.75) is 25.3 Å². The zero-order valence-electron chi connectivity index (χ0n) is 16.1. The van der Waals surface area contributed by atoms with Gasteiger partial charge in [-0.15, -0.1) is 0 Å². The normalized spacial score (nSPS) is 15.2. The standard InChI is InChI=1S/C22H23N5O2/c28-22(23-8-5-15-12-24-19-4-2-1-3-18(15)19)16-11-20-21(25-13-16)27(14-26-20)17-6-9-29-10-7-17/h1-4,11-14,17,24H,5-10H2,(H,23,28). The number of hydrogen-bond donors (Lipinski definition) is 2. The summed E-state index contributed by atoms with van der Waals surface area (Å²) >= 11 is 0. The van der Waals surface area contributed by atoms with Crippen LogP contribution in [0.3, 0.4) is 0 Å². The smallest absolute Gasteiger partial charge is 0.252 e. The summed E-state index contributed by atoms with van der Waals surface area (Å²) in [5, 5.41) is 4.19. The van der Waals surface area contributed by atoms with Crippen molar-refractivity contribution >= 4 is 28.0 Å². The molecule has 3 aromatic heterocycles. The number of pyridine rings is 1. The van der Waals surface area contributed by atoms with Gasteiger partial charge in [-0.25, -0.2) is 9.97 Å². The van der Waals surface area contributed by atoms with E-state index in [9.17, 15) is 4.79 Å². The number of nitrogens with one attached hydrogen (secondary N) is 2. The fourth-order valence-corrected chi connectivity index (χ4v) is 4.02. The first kappa shape index (κ1) is 17.9. The summed E-state index contributed by atoms with van der Waals surface area (Å²) in [5.74, 6) is -0.125. The first-order valence-electron chi connectivity index (χ1n) is 10.0. The van der Waals surface area contributed by atoms with Gasteiger partial charge in [-0.1, -0.05) is 18.2 Å². The average molecular weight is 389 g/mol. The SMILES string of the molecule is O=C(NCCc1c[nH]c2ccccc12)c1cnc2c(c1)ncn2C1CCOCC1. The molecule has 5 rings (SSSR count). The van der Waals surface area contributed by atoms with E-state index in [1.165, 1.54) is 10.9 Å². The van der Waals surface area contributed by atoms with Gasteiger partial charge in [0.25, 0.3) is 5.91 Å². The molecule has 29 heavy (non-hydrogen) atoms. The van der Waals surface area contributed by atoms with Gasteiger partial charge in [0.1, 0.15) is 5.52 Å². The highest BCUT2D eigenvalue weighted by Crippen LogP contribution is 2.24. The summed E-state index contributed by atoms with van der Waals surface area (Å²) in [6, 6.07) is 10.4. The van der Waals surface area contributed by atoms with Gasteiger partial charge in [0.15, 0.2) is 5.65 Å². The van der Waals surface area contributed by atoms with Crippen molar-refractivity contribution in [1.29, 1.82) is 0 Å². The molecule has 0 atom stereocenters. The van der Waals surface area contributed by atoms with E-state index in [1.807, 2.05) is 30.7 Å². The van der Waals surface area contributed by atoms with Crippen molar-refractivity contribution in [3.63, 3.8) is 0 Å². The largest absolute Gasteiger partial charge is 0.381 e. The lowest BCUT2D eigenvalue weighted by molar-refractivity contribution is 0.0704. The molecule has 0 saturated carbocycles. The maximum atomic E-state index is 12.6. The van der Waals surface area contributed by atoms with Crippen LogP contribution in [0.4, 0.5) is 0 Å². The number of benzene rings is 1. The molecular weight excluding hydrogens is 366 g/mol. The Bertz CT molecular complexity index is 1160. The van der Waals surface area contributed by atoms with Crippen LogP contribution in [-0.4, -0.2) is 45.2 Å². The molecule has 0 bridgehead atoms. The molecule has 0 spiro atoms. The third-order valence-electron chi connectivity index (χ3n) is 5.61. The number of aromatic nitrogens is 4. The number of rotatable bonds is 5. The third kappa shape index (κ3) is 3.49. The van der Waals surface area contributed by atoms with Crippen LogP contribution in [0.15, 0.2) is 49.1 Å². The van der Waals surface area contributed by atoms with Crippen LogP contribution in [-0.2, 0) is 11.2 Å². The molecule has 1 aromatic carbocycles. The molecule has 148 valence electrons. The molecule has 1 saturated heterocycles. The molecule has 4 aromatic rings. The van der Waals surface area contributed by atoms with Crippen molar-refractivity contribution in [1.82, 2.24) is 24.8 Å². The van der Waals surface area contributed by atoms with Crippen molar-refractivity contribution in [2.75, 3.05) is 19.8 Å². The molecule has 7 nitrogen and oxygen atoms in total. The Hall–Kier alpha value is -3.19. The topological polar surface area (TPSA) is 84.8 Å². The number of para-hydroxylation sites is 1. The lowest BCUT2D eigenvalue weighted by Crippen LogP contribution is -2.25. The highest BCUT2D eigenvalue weighted by molar-refractivity contribution is 5.96. The second-order valence-corrected chi connectivity index (χ2v) is 7.43. The van der Waals surface area contributed by atoms with Crippen molar-refractivity contribution in [2.24, 2.45) is 0 Å². The van der Waals surface area contributed by atoms with E-state index in [0.717, 1.165) is 49.2 Å². The molecule has 1 aliphatic heterocycles. The molecule has 7 heteroatoms. The van der Waals surface area contributed by atoms with Gasteiger partial charge in [-0.2, -0.15) is 0 Å². The quantitative estimate of drug-likeness (QED) is 0.549. The maximum Gasteiger partial charge on any atom is 0.252 e. The molecule has 0 unspecified atom stereocenters. The zero-order valence-corrected chi connectivity index (χ0v) is 16.1. The van der Waals surface area contributed by atoms with Crippen LogP contribution >= 0.6 is 0 Å². The molecule has 1 aliphatic rings. The number of H-pyrrole nitrogens is 1. The monoisotopic (exact) mass is 389 g/mol. The van der Waals surface area contributed by atoms with Crippen LogP contribution < -0.4 is 5.32 Å². The lowest BCUT2D eigenvalue weighted by Gasteiger charge is -2.23. The number of amides is 1. The number of hydrogen-bond acceptors (Lipinski definition) is 4. The lowest BCUT2D eigenvalue weighted by atomic mass is 10.1. The Morgan fingerprint density at radius 2 is 2.10 bits per heavy atom. The first-order chi connectivity index (χ1) is 14.3. The molecule has 2 N–H and O–H groups in total. The van der Waals surface area contributed by atoms with Crippen LogP contribution in [0.1, 0.15) is 34.8 Å². The summed E-state index contributed by atoms with van der Waals surface area (Å²) in [6.07, 6.45) is 8.16. The van der Waals surface area contributed by atoms with Crippen LogP contribution in [0.25, 0.3) is 22.1 Å². The Morgan fingerprint density at radius 3 is 3.00 bits per heavy atom. The van der Waals surface area contributed by atoms with Crippen molar-refractivity contribution in [3.8, 4) is 0 Å². The average Bonchev–Trinajstić information content (AvgIpc) is 3.38. The predicted octanol–water partition coefficient (Wildman–Crippen LogP) is 3.24. The fourth-order valence-electron chi connectivity index (χ4n) is 4.02. The van der Waals surface area contributed by atoms with E-state index in [2.05, 4.69) is 37.0 Å². The molecule has 0 radical (unpaired) electrons. The number of fused-ring (bicyclic) bond motifs is 2. The van der Waals surface area contributed by atoms with Crippen LogP contribution in [0.5, 0.6) is 0 Å². The minimum absolute atomic E-state index is 0.125. The van der Waals surface area contributed by atoms with Gasteiger partial charge >= 0.3 is 0 Å². The predicted molar refractivity (Wildman–Crippen MR) is 111 cm³/mol. The Kier molecular flexibility index (Phi) is 4.73. The van der Waals surface area contributed by atoms with E-state index in [1.54, 1.807) is 6.20 Å². The second-order valence-electron chi connectivity index (χ2n) is 7.43. The van der Waals surface area contributed by atoms with Gasteiger partial charge in [0, 0.05) is 49.1 Å². The minimum atomic E-state index is -0.125. The first-order valence-corrected chi connectivity index (χ1v) is 10.0. The van der Waals surface area contributed by atoms with Gasteiger partial charge in [-0.05, 0) is 37.0 Å². The molecule has 1 amide bonds. The highest BCUT2D eigenvalue weighted by atomic mass is 16.5. The maximum absolute atomic E-state index is 12.6. The van der Waals surface area contributed by atoms with Gasteiger partial charge in [-0.3, -0.25) is 4.79 Å². The van der Waals surface area contributed by atoms with Gasteiger partial charge in [0.2, 0.25) is 0 Å². The van der Waals surface area contributed by atoms with Crippen LogP contribution in [0.2, 0.25) is 0 Å². The number of carbonyl (C=O) groups excluding carboxylic acids is 1. The molecule has 1 fully saturated rings. The molecule has 0 aliphatic carbocycles. The van der Waals surface area contributed by atoms with Crippen LogP contribution in [0, 0.1) is 0 Å². The molecular formula is C22H23N5O2. The summed E-state index contributed by atoms with van der Waals surface area (Å²) in [6.45, 7) is 2.09. The zero-order chi connectivity index (χ0) is 19.6. The van der Waals surface area contributed by atoms with E-state index in [4.69, 9.17) is 4.74 Å². The van der Waals surface area contributed by atoms with E-state index in [0.29, 0.717) is 18.2 Å². The highest BCUT2D eigenvalue weighted by Gasteiger charge is 2.19. The van der Waals surface area contributed by atoms with Crippen molar-refractivity contribution in [3.05, 3.63) is 60.2 Å². The fraction of sp³-hybridized carbons (Fsp3) is 0.318. The summed E-state index contributed by atoms with van der Waals surface area (Å²) in [5.41, 5.74) is 4.43. The number of carbonyl (C=O) groups is 1. The van der Waals surface area contributed by atoms with Gasteiger partial charge in [0.05, 0.1) is 11.9 Å². The summed E-state index contributed by atoms with van der Waals surface area (Å²) in [7, 11) is 0. The minimum Gasteiger partial charge on any atom is -0.381 e. The van der Waals surface area contributed by atoms with E-state index < -0.39 is 0 Å². The Labute approximate surface area is 168 Å². The number of ether oxygens (including phenoxy) is 1. The number of imidazole rings is 1. The Morgan fingerprint density at radius 1 is 1.24 bits per heavy atom. The third-order valence-corrected chi connectivity index (χ3v) is 5.61. The van der Waals surface area contributed by atoms with Gasteiger partial charge < -0.3 is 19.6 Å². The summed E-state index contributed by atoms with van der Waals surface area (Å²) < 4.78 is 7.55. The Balaban J connectivity index is 1.26. The second kappa shape index (κ2) is 7.67. The van der Waals surface area contributed by atoms with Crippen molar-refractivity contribution < 1.29 is 9.53 Å². The summed E-state index contributed by atoms with van der Waals surface area (Å²) in [4.78, 5) is 24.8. The van der Waals surface area contributed by atoms with E-state index >= 15 is 0 Å².